The predicted molar refractivity (Wildman–Crippen MR) is 36.3 cm³/mol. The van der Waals surface area contributed by atoms with Gasteiger partial charge in [0.05, 0.1) is 13.2 Å². The quantitative estimate of drug-likeness (QED) is 0.494. The van der Waals surface area contributed by atoms with E-state index < -0.39 is 0 Å². The molecule has 3 N–H and O–H groups in total. The van der Waals surface area contributed by atoms with Crippen LogP contribution < -0.4 is 11.1 Å². The Morgan fingerprint density at radius 2 is 2.44 bits per heavy atom. The first-order valence-electron chi connectivity index (χ1n) is 3.37. The Morgan fingerprint density at radius 1 is 1.67 bits per heavy atom. The molecule has 0 aromatic heterocycles. The van der Waals surface area contributed by atoms with Gasteiger partial charge in [0.2, 0.25) is 0 Å². The average Bonchev–Trinajstić information content (AvgIpc) is 1.88. The van der Waals surface area contributed by atoms with E-state index >= 15 is 0 Å². The molecule has 3 nitrogen and oxygen atoms in total. The fourth-order valence-electron chi connectivity index (χ4n) is 1.02. The third kappa shape index (κ3) is 1.93. The number of nitrogens with one attached hydrogen (secondary N) is 1. The number of ether oxygens (including phenoxy) is 1. The second-order valence-electron chi connectivity index (χ2n) is 2.54. The van der Waals surface area contributed by atoms with E-state index in [4.69, 9.17) is 10.5 Å². The molecule has 0 saturated carbocycles. The zero-order valence-electron chi connectivity index (χ0n) is 5.76. The molecular weight excluding hydrogens is 116 g/mol. The molecule has 54 valence electrons. The lowest BCUT2D eigenvalue weighted by molar-refractivity contribution is 0.0532. The summed E-state index contributed by atoms with van der Waals surface area (Å²) >= 11 is 0. The molecule has 9 heavy (non-hydrogen) atoms. The van der Waals surface area contributed by atoms with Crippen molar-refractivity contribution in [3.05, 3.63) is 0 Å². The summed E-state index contributed by atoms with van der Waals surface area (Å²) in [4.78, 5) is 0. The van der Waals surface area contributed by atoms with E-state index in [0.717, 1.165) is 13.2 Å². The van der Waals surface area contributed by atoms with Crippen LogP contribution in [0, 0.1) is 0 Å². The fraction of sp³-hybridized carbons (Fsp3) is 1.00. The Bertz CT molecular complexity index is 87.1. The summed E-state index contributed by atoms with van der Waals surface area (Å²) in [7, 11) is 0. The molecule has 0 aliphatic carbocycles. The van der Waals surface area contributed by atoms with Crippen molar-refractivity contribution in [2.45, 2.75) is 19.0 Å². The molecule has 1 heterocycles. The van der Waals surface area contributed by atoms with Crippen LogP contribution in [-0.2, 0) is 4.74 Å². The number of hydrogen-bond donors (Lipinski definition) is 2. The van der Waals surface area contributed by atoms with Crippen molar-refractivity contribution >= 4 is 0 Å². The molecule has 1 aliphatic heterocycles. The van der Waals surface area contributed by atoms with Crippen LogP contribution >= 0.6 is 0 Å². The second kappa shape index (κ2) is 3.15. The Labute approximate surface area is 55.6 Å². The van der Waals surface area contributed by atoms with Crippen LogP contribution in [0.2, 0.25) is 0 Å². The Balaban J connectivity index is 2.23. The van der Waals surface area contributed by atoms with Gasteiger partial charge in [-0.3, -0.25) is 0 Å². The van der Waals surface area contributed by atoms with Gasteiger partial charge < -0.3 is 15.8 Å². The topological polar surface area (TPSA) is 47.3 Å². The highest BCUT2D eigenvalue weighted by Gasteiger charge is 2.15. The van der Waals surface area contributed by atoms with E-state index in [0.29, 0.717) is 18.6 Å². The molecule has 1 rings (SSSR count). The molecule has 0 amide bonds. The van der Waals surface area contributed by atoms with Gasteiger partial charge in [0, 0.05) is 18.6 Å². The highest BCUT2D eigenvalue weighted by molar-refractivity contribution is 4.75. The summed E-state index contributed by atoms with van der Waals surface area (Å²) in [5.41, 5.74) is 5.42. The monoisotopic (exact) mass is 130 g/mol. The molecule has 0 radical (unpaired) electrons. The molecule has 1 fully saturated rings. The molecule has 0 aromatic rings. The van der Waals surface area contributed by atoms with Crippen molar-refractivity contribution in [1.29, 1.82) is 0 Å². The third-order valence-corrected chi connectivity index (χ3v) is 1.49. The minimum absolute atomic E-state index is 0.369. The maximum absolute atomic E-state index is 5.42. The number of morpholine rings is 1. The van der Waals surface area contributed by atoms with E-state index in [2.05, 4.69) is 12.2 Å². The van der Waals surface area contributed by atoms with Crippen molar-refractivity contribution in [2.75, 3.05) is 19.8 Å². The minimum Gasteiger partial charge on any atom is -0.378 e. The molecular formula is C6H14N2O. The smallest absolute Gasteiger partial charge is 0.0632 e. The average molecular weight is 130 g/mol. The standard InChI is InChI=1S/C6H14N2O/c1-5-3-9-4-6(2-7)8-5/h5-6,8H,2-4,7H2,1H3. The van der Waals surface area contributed by atoms with Crippen molar-refractivity contribution in [3.8, 4) is 0 Å². The zero-order valence-corrected chi connectivity index (χ0v) is 5.76. The van der Waals surface area contributed by atoms with Crippen LogP contribution in [0.1, 0.15) is 6.92 Å². The summed E-state index contributed by atoms with van der Waals surface area (Å²) in [5.74, 6) is 0. The van der Waals surface area contributed by atoms with E-state index in [9.17, 15) is 0 Å². The molecule has 2 unspecified atom stereocenters. The fourth-order valence-corrected chi connectivity index (χ4v) is 1.02. The first-order valence-corrected chi connectivity index (χ1v) is 3.37. The molecule has 3 heteroatoms. The zero-order chi connectivity index (χ0) is 6.69. The maximum atomic E-state index is 5.42. The summed E-state index contributed by atoms with van der Waals surface area (Å²) in [5, 5.41) is 3.32. The van der Waals surface area contributed by atoms with E-state index in [1.807, 2.05) is 0 Å². The third-order valence-electron chi connectivity index (χ3n) is 1.49. The summed E-state index contributed by atoms with van der Waals surface area (Å²) in [6.45, 7) is 4.35. The van der Waals surface area contributed by atoms with Gasteiger partial charge in [-0.25, -0.2) is 0 Å². The van der Waals surface area contributed by atoms with Gasteiger partial charge in [0.1, 0.15) is 0 Å². The van der Waals surface area contributed by atoms with Crippen LogP contribution in [0.25, 0.3) is 0 Å². The predicted octanol–water partition coefficient (Wildman–Crippen LogP) is -0.678. The van der Waals surface area contributed by atoms with Crippen molar-refractivity contribution < 1.29 is 4.74 Å². The lowest BCUT2D eigenvalue weighted by atomic mass is 10.2. The Hall–Kier alpha value is -0.120. The summed E-state index contributed by atoms with van der Waals surface area (Å²) in [6.07, 6.45) is 0. The largest absolute Gasteiger partial charge is 0.378 e. The van der Waals surface area contributed by atoms with E-state index in [-0.39, 0.29) is 0 Å². The van der Waals surface area contributed by atoms with Crippen molar-refractivity contribution in [2.24, 2.45) is 5.73 Å². The van der Waals surface area contributed by atoms with Gasteiger partial charge >= 0.3 is 0 Å². The first-order chi connectivity index (χ1) is 4.33. The molecule has 1 saturated heterocycles. The lowest BCUT2D eigenvalue weighted by Crippen LogP contribution is -2.50. The van der Waals surface area contributed by atoms with Gasteiger partial charge in [-0.2, -0.15) is 0 Å². The molecule has 0 bridgehead atoms. The van der Waals surface area contributed by atoms with Crippen LogP contribution in [-0.4, -0.2) is 31.8 Å². The van der Waals surface area contributed by atoms with Gasteiger partial charge in [-0.05, 0) is 6.92 Å². The van der Waals surface area contributed by atoms with Gasteiger partial charge in [-0.15, -0.1) is 0 Å². The van der Waals surface area contributed by atoms with Crippen LogP contribution in [0.4, 0.5) is 0 Å². The molecule has 0 spiro atoms. The number of hydrogen-bond acceptors (Lipinski definition) is 3. The van der Waals surface area contributed by atoms with E-state index in [1.54, 1.807) is 0 Å². The highest BCUT2D eigenvalue weighted by atomic mass is 16.5. The van der Waals surface area contributed by atoms with Crippen molar-refractivity contribution in [1.82, 2.24) is 5.32 Å². The Morgan fingerprint density at radius 3 is 2.89 bits per heavy atom. The van der Waals surface area contributed by atoms with Crippen LogP contribution in [0.15, 0.2) is 0 Å². The normalized spacial score (nSPS) is 36.7. The first kappa shape index (κ1) is 6.99. The van der Waals surface area contributed by atoms with Crippen LogP contribution in [0.3, 0.4) is 0 Å². The number of nitrogens with two attached hydrogens (primary N) is 1. The van der Waals surface area contributed by atoms with Crippen molar-refractivity contribution in [3.63, 3.8) is 0 Å². The van der Waals surface area contributed by atoms with Gasteiger partial charge in [0.25, 0.3) is 0 Å². The van der Waals surface area contributed by atoms with E-state index in [1.165, 1.54) is 0 Å². The Kier molecular flexibility index (Phi) is 2.45. The number of rotatable bonds is 1. The highest BCUT2D eigenvalue weighted by Crippen LogP contribution is 1.96. The summed E-state index contributed by atoms with van der Waals surface area (Å²) < 4.78 is 5.24. The lowest BCUT2D eigenvalue weighted by Gasteiger charge is -2.27. The van der Waals surface area contributed by atoms with Gasteiger partial charge in [0.15, 0.2) is 0 Å². The summed E-state index contributed by atoms with van der Waals surface area (Å²) in [6, 6.07) is 0.834. The maximum Gasteiger partial charge on any atom is 0.0632 e. The SMILES string of the molecule is CC1COCC(CN)N1. The van der Waals surface area contributed by atoms with Gasteiger partial charge in [-0.1, -0.05) is 0 Å². The molecule has 2 atom stereocenters. The minimum atomic E-state index is 0.369. The second-order valence-corrected chi connectivity index (χ2v) is 2.54. The molecule has 0 aromatic carbocycles. The van der Waals surface area contributed by atoms with Crippen LogP contribution in [0.5, 0.6) is 0 Å². The molecule has 1 aliphatic rings.